The highest BCUT2D eigenvalue weighted by molar-refractivity contribution is 6.03. The largest absolute Gasteiger partial charge is 0.487 e. The van der Waals surface area contributed by atoms with Gasteiger partial charge < -0.3 is 24.2 Å². The summed E-state index contributed by atoms with van der Waals surface area (Å²) in [6.45, 7) is 6.16. The van der Waals surface area contributed by atoms with Gasteiger partial charge in [-0.3, -0.25) is 9.59 Å². The molecule has 1 aromatic carbocycles. The molecule has 4 heterocycles. The van der Waals surface area contributed by atoms with Gasteiger partial charge in [-0.05, 0) is 36.5 Å². The van der Waals surface area contributed by atoms with Crippen molar-refractivity contribution in [2.75, 3.05) is 57.4 Å². The zero-order valence-corrected chi connectivity index (χ0v) is 20.4. The van der Waals surface area contributed by atoms with Crippen molar-refractivity contribution in [3.63, 3.8) is 0 Å². The van der Waals surface area contributed by atoms with Crippen LogP contribution in [0.15, 0.2) is 30.9 Å². The van der Waals surface area contributed by atoms with Gasteiger partial charge in [-0.25, -0.2) is 13.8 Å². The van der Waals surface area contributed by atoms with Crippen LogP contribution in [-0.2, 0) is 9.53 Å². The number of hydrogen-bond acceptors (Lipinski definition) is 6. The molecule has 37 heavy (non-hydrogen) atoms. The van der Waals surface area contributed by atoms with E-state index in [0.717, 1.165) is 18.4 Å². The Kier molecular flexibility index (Phi) is 6.06. The third kappa shape index (κ3) is 4.13. The summed E-state index contributed by atoms with van der Waals surface area (Å²) in [6.07, 6.45) is 3.05. The van der Waals surface area contributed by atoms with Crippen LogP contribution in [0.3, 0.4) is 0 Å². The maximum atomic E-state index is 16.3. The molecule has 3 fully saturated rings. The number of aromatic nitrogens is 1. The predicted molar refractivity (Wildman–Crippen MR) is 132 cm³/mol. The second-order valence-electron chi connectivity index (χ2n) is 9.83. The summed E-state index contributed by atoms with van der Waals surface area (Å²) in [6, 6.07) is 4.29. The minimum absolute atomic E-state index is 0.00462. The SMILES string of the molecule is C=CC(=O)N1CCN2C(=O)c3c(N4CCOCC4)nc(-c4c(F)cccc4C4CC4)c(F)c3OC[C@H]2C1. The molecule has 4 aliphatic rings. The van der Waals surface area contributed by atoms with Gasteiger partial charge in [0, 0.05) is 38.3 Å². The first-order chi connectivity index (χ1) is 18.0. The van der Waals surface area contributed by atoms with Gasteiger partial charge in [-0.1, -0.05) is 18.7 Å². The van der Waals surface area contributed by atoms with E-state index in [9.17, 15) is 9.59 Å². The standard InChI is InChI=1S/C27H28F2N4O4/c1-2-20(34)32-8-9-33-17(14-32)15-37-25-22(27(33)35)26(31-10-12-36-13-11-31)30-24(23(25)29)21-18(16-6-7-16)4-3-5-19(21)28/h2-5,16-17H,1,6-15H2/t17-/m1/s1. The predicted octanol–water partition coefficient (Wildman–Crippen LogP) is 2.97. The molecule has 8 nitrogen and oxygen atoms in total. The zero-order valence-electron chi connectivity index (χ0n) is 20.4. The van der Waals surface area contributed by atoms with Crippen LogP contribution in [0.5, 0.6) is 5.75 Å². The Balaban J connectivity index is 1.49. The Labute approximate surface area is 213 Å². The number of nitrogens with zero attached hydrogens (tertiary/aromatic N) is 4. The average Bonchev–Trinajstić information content (AvgIpc) is 3.78. The molecule has 0 spiro atoms. The van der Waals surface area contributed by atoms with Gasteiger partial charge in [-0.15, -0.1) is 0 Å². The summed E-state index contributed by atoms with van der Waals surface area (Å²) >= 11 is 0. The molecule has 1 aromatic heterocycles. The van der Waals surface area contributed by atoms with Gasteiger partial charge in [0.25, 0.3) is 5.91 Å². The van der Waals surface area contributed by atoms with Crippen LogP contribution in [0.2, 0.25) is 0 Å². The molecule has 1 aliphatic carbocycles. The number of rotatable bonds is 4. The number of hydrogen-bond donors (Lipinski definition) is 0. The Morgan fingerprint density at radius 2 is 1.89 bits per heavy atom. The van der Waals surface area contributed by atoms with E-state index in [1.165, 1.54) is 12.1 Å². The van der Waals surface area contributed by atoms with Crippen molar-refractivity contribution in [2.24, 2.45) is 0 Å². The lowest BCUT2D eigenvalue weighted by atomic mass is 9.98. The quantitative estimate of drug-likeness (QED) is 0.589. The maximum absolute atomic E-state index is 16.3. The molecule has 10 heteroatoms. The van der Waals surface area contributed by atoms with Crippen molar-refractivity contribution in [1.82, 2.24) is 14.8 Å². The summed E-state index contributed by atoms with van der Waals surface area (Å²) in [5, 5.41) is 0. The third-order valence-electron chi connectivity index (χ3n) is 7.55. The number of ether oxygens (including phenoxy) is 2. The molecule has 1 atom stereocenters. The van der Waals surface area contributed by atoms with E-state index in [1.54, 1.807) is 15.9 Å². The first-order valence-corrected chi connectivity index (χ1v) is 12.7. The number of carbonyl (C=O) groups is 2. The highest BCUT2D eigenvalue weighted by atomic mass is 19.1. The summed E-state index contributed by atoms with van der Waals surface area (Å²) < 4.78 is 43.0. The van der Waals surface area contributed by atoms with Gasteiger partial charge in [0.15, 0.2) is 11.6 Å². The molecule has 3 aliphatic heterocycles. The van der Waals surface area contributed by atoms with Gasteiger partial charge in [0.05, 0.1) is 19.3 Å². The van der Waals surface area contributed by atoms with Crippen molar-refractivity contribution in [1.29, 1.82) is 0 Å². The fourth-order valence-electron chi connectivity index (χ4n) is 5.47. The Morgan fingerprint density at radius 1 is 1.11 bits per heavy atom. The molecule has 0 N–H and O–H groups in total. The average molecular weight is 511 g/mol. The molecule has 0 bridgehead atoms. The van der Waals surface area contributed by atoms with Crippen LogP contribution in [0.1, 0.15) is 34.7 Å². The van der Waals surface area contributed by atoms with Crippen molar-refractivity contribution < 1.29 is 27.8 Å². The number of fused-ring (bicyclic) bond motifs is 2. The lowest BCUT2D eigenvalue weighted by Crippen LogP contribution is -2.57. The fourth-order valence-corrected chi connectivity index (χ4v) is 5.47. The van der Waals surface area contributed by atoms with Gasteiger partial charge in [-0.2, -0.15) is 0 Å². The van der Waals surface area contributed by atoms with Crippen LogP contribution in [-0.4, -0.2) is 85.2 Å². The van der Waals surface area contributed by atoms with E-state index in [2.05, 4.69) is 11.6 Å². The summed E-state index contributed by atoms with van der Waals surface area (Å²) in [5.74, 6) is -1.82. The monoisotopic (exact) mass is 510 g/mol. The van der Waals surface area contributed by atoms with Gasteiger partial charge in [0.2, 0.25) is 5.91 Å². The van der Waals surface area contributed by atoms with E-state index in [0.29, 0.717) is 32.8 Å². The molecule has 1 saturated carbocycles. The minimum Gasteiger partial charge on any atom is -0.487 e. The maximum Gasteiger partial charge on any atom is 0.262 e. The number of amides is 2. The second-order valence-corrected chi connectivity index (χ2v) is 9.83. The highest BCUT2D eigenvalue weighted by Crippen LogP contribution is 2.47. The Morgan fingerprint density at radius 3 is 2.62 bits per heavy atom. The lowest BCUT2D eigenvalue weighted by Gasteiger charge is -2.39. The Bertz CT molecular complexity index is 1280. The molecular formula is C27H28F2N4O4. The van der Waals surface area contributed by atoms with Crippen molar-refractivity contribution >= 4 is 17.6 Å². The summed E-state index contributed by atoms with van der Waals surface area (Å²) in [7, 11) is 0. The molecule has 2 amide bonds. The number of morpholine rings is 1. The first-order valence-electron chi connectivity index (χ1n) is 12.7. The van der Waals surface area contributed by atoms with Crippen LogP contribution >= 0.6 is 0 Å². The third-order valence-corrected chi connectivity index (χ3v) is 7.55. The van der Waals surface area contributed by atoms with Crippen LogP contribution in [0, 0.1) is 11.6 Å². The van der Waals surface area contributed by atoms with Gasteiger partial charge >= 0.3 is 0 Å². The molecule has 6 rings (SSSR count). The topological polar surface area (TPSA) is 75.2 Å². The second kappa shape index (κ2) is 9.41. The zero-order chi connectivity index (χ0) is 25.7. The number of piperazine rings is 1. The molecule has 0 radical (unpaired) electrons. The number of carbonyl (C=O) groups excluding carboxylic acids is 2. The summed E-state index contributed by atoms with van der Waals surface area (Å²) in [5.41, 5.74) is 0.741. The molecule has 194 valence electrons. The number of halogens is 2. The normalized spacial score (nSPS) is 21.6. The molecule has 2 saturated heterocycles. The highest BCUT2D eigenvalue weighted by Gasteiger charge is 2.41. The van der Waals surface area contributed by atoms with E-state index in [1.807, 2.05) is 11.0 Å². The summed E-state index contributed by atoms with van der Waals surface area (Å²) in [4.78, 5) is 35.9. The minimum atomic E-state index is -0.841. The van der Waals surface area contributed by atoms with Gasteiger partial charge in [0.1, 0.15) is 29.5 Å². The van der Waals surface area contributed by atoms with Crippen molar-refractivity contribution in [2.45, 2.75) is 24.8 Å². The van der Waals surface area contributed by atoms with Crippen molar-refractivity contribution in [3.05, 3.63) is 53.6 Å². The number of pyridine rings is 1. The molecule has 0 unspecified atom stereocenters. The van der Waals surface area contributed by atoms with Crippen LogP contribution < -0.4 is 9.64 Å². The van der Waals surface area contributed by atoms with E-state index < -0.39 is 23.6 Å². The van der Waals surface area contributed by atoms with E-state index in [-0.39, 0.29) is 59.9 Å². The van der Waals surface area contributed by atoms with Crippen LogP contribution in [0.25, 0.3) is 11.3 Å². The van der Waals surface area contributed by atoms with E-state index in [4.69, 9.17) is 9.47 Å². The number of benzene rings is 1. The van der Waals surface area contributed by atoms with E-state index >= 15 is 8.78 Å². The van der Waals surface area contributed by atoms with Crippen LogP contribution in [0.4, 0.5) is 14.6 Å². The smallest absolute Gasteiger partial charge is 0.262 e. The fraction of sp³-hybridized carbons (Fsp3) is 0.444. The molecular weight excluding hydrogens is 482 g/mol. The van der Waals surface area contributed by atoms with Crippen molar-refractivity contribution in [3.8, 4) is 17.0 Å². The number of anilines is 1. The Hall–Kier alpha value is -3.53. The first kappa shape index (κ1) is 23.8. The lowest BCUT2D eigenvalue weighted by molar-refractivity contribution is -0.128. The molecule has 2 aromatic rings.